The third kappa shape index (κ3) is 63.3. The Bertz CT molecular complexity index is 11.7. The molecule has 0 saturated heterocycles. The molecule has 0 amide bonds. The minimum Gasteiger partial charge on any atom is -1.00 e. The molecular weight excluding hydrogens is 279 g/mol. The van der Waals surface area contributed by atoms with Gasteiger partial charge in [0.1, 0.15) is 0 Å². The van der Waals surface area contributed by atoms with Crippen molar-refractivity contribution in [2.24, 2.45) is 0 Å². The minimum atomic E-state index is 0. The molecule has 0 bridgehead atoms. The molecule has 0 aliphatic rings. The van der Waals surface area contributed by atoms with Crippen molar-refractivity contribution in [2.45, 2.75) is 0 Å². The summed E-state index contributed by atoms with van der Waals surface area (Å²) < 4.78 is 0. The van der Waals surface area contributed by atoms with Crippen LogP contribution in [0.5, 0.6) is 0 Å². The van der Waals surface area contributed by atoms with Gasteiger partial charge in [-0.1, -0.05) is 0 Å². The van der Waals surface area contributed by atoms with Gasteiger partial charge in [0.25, 0.3) is 0 Å². The van der Waals surface area contributed by atoms with Gasteiger partial charge in [-0.05, 0) is 0 Å². The van der Waals surface area contributed by atoms with Gasteiger partial charge >= 0.3 is 36.5 Å². The molecule has 0 aliphatic heterocycles. The molecule has 2 N–H and O–H groups in total. The fraction of sp³-hybridized carbons (Fsp3) is 0. The summed E-state index contributed by atoms with van der Waals surface area (Å²) in [5, 5.41) is 0. The molecule has 0 heterocycles. The van der Waals surface area contributed by atoms with E-state index in [1.54, 1.807) is 0 Å². The third-order valence-electron chi connectivity index (χ3n) is 0. The predicted molar refractivity (Wildman–Crippen MR) is 3.61 cm³/mol. The molecule has 0 spiro atoms. The Balaban J connectivity index is 0. The normalized spacial score (nSPS) is 0. The maximum atomic E-state index is 0. The van der Waals surface area contributed by atoms with Crippen molar-refractivity contribution < 1.29 is 91.7 Å². The summed E-state index contributed by atoms with van der Waals surface area (Å²) in [7, 11) is 0. The van der Waals surface area contributed by atoms with E-state index in [0.29, 0.717) is 0 Å². The van der Waals surface area contributed by atoms with E-state index < -0.39 is 0 Å². The van der Waals surface area contributed by atoms with E-state index in [1.165, 1.54) is 0 Å². The molecule has 1 nitrogen and oxygen atoms in total. The predicted octanol–water partition coefficient (Wildman–Crippen LogP) is -12.8. The molecule has 0 radical (unpaired) electrons. The van der Waals surface area contributed by atoms with Gasteiger partial charge in [-0.15, -0.1) is 0 Å². The molecule has 0 fully saturated rings. The first-order valence-corrected chi connectivity index (χ1v) is 0. The van der Waals surface area contributed by atoms with Gasteiger partial charge in [-0.3, -0.25) is 0 Å². The maximum Gasteiger partial charge on any atom is 2.00 e. The third-order valence-corrected chi connectivity index (χ3v) is 0. The Morgan fingerprint density at radius 1 is 0.571 bits per heavy atom. The Hall–Kier alpha value is 2.26. The van der Waals surface area contributed by atoms with Crippen molar-refractivity contribution in [1.29, 1.82) is 0 Å². The van der Waals surface area contributed by atoms with Crippen LogP contribution in [0.15, 0.2) is 0 Å². The van der Waals surface area contributed by atoms with E-state index in [9.17, 15) is 0 Å². The van der Waals surface area contributed by atoms with E-state index in [2.05, 4.69) is 0 Å². The zero-order valence-corrected chi connectivity index (χ0v) is 10.2. The van der Waals surface area contributed by atoms with Crippen LogP contribution < -0.4 is 49.6 Å². The van der Waals surface area contributed by atoms with E-state index in [0.717, 1.165) is 0 Å². The summed E-state index contributed by atoms with van der Waals surface area (Å²) in [6.45, 7) is 0. The van der Waals surface area contributed by atoms with Crippen LogP contribution in [0, 0.1) is 0 Å². The summed E-state index contributed by atoms with van der Waals surface area (Å²) in [6, 6.07) is 0. The fourth-order valence-electron chi connectivity index (χ4n) is 0. The molecule has 0 aromatic heterocycles. The van der Waals surface area contributed by atoms with Gasteiger partial charge in [0.05, 0.1) is 0 Å². The van der Waals surface area contributed by atoms with Crippen LogP contribution in [0.4, 0.5) is 0 Å². The summed E-state index contributed by atoms with van der Waals surface area (Å²) >= 11 is 0. The SMILES string of the molecule is O.[Cl-].[Cl-].[Cl-].[Cl-].[Fe+2].[Zn+2]. The zero-order valence-electron chi connectivity index (χ0n) is 3.07. The topological polar surface area (TPSA) is 31.5 Å². The van der Waals surface area contributed by atoms with E-state index >= 15 is 0 Å². The van der Waals surface area contributed by atoms with Gasteiger partial charge in [-0.2, -0.15) is 0 Å². The molecule has 0 aliphatic carbocycles. The zero-order chi connectivity index (χ0) is 0. The smallest absolute Gasteiger partial charge is 1.00 e. The molecule has 0 saturated carbocycles. The monoisotopic (exact) mass is 278 g/mol. The molecule has 7 heavy (non-hydrogen) atoms. The number of hydrogen-bond donors (Lipinski definition) is 0. The number of hydrogen-bond acceptors (Lipinski definition) is 0. The average Bonchev–Trinajstić information content (AvgIpc) is 0. The van der Waals surface area contributed by atoms with E-state index in [4.69, 9.17) is 0 Å². The summed E-state index contributed by atoms with van der Waals surface area (Å²) in [5.41, 5.74) is 0. The largest absolute Gasteiger partial charge is 2.00 e. The number of rotatable bonds is 0. The first-order chi connectivity index (χ1) is 0. The van der Waals surface area contributed by atoms with Crippen LogP contribution in [-0.4, -0.2) is 5.48 Å². The Kier molecular flexibility index (Phi) is 1500. The fourth-order valence-corrected chi connectivity index (χ4v) is 0. The Labute approximate surface area is 90.9 Å². The first-order valence-electron chi connectivity index (χ1n) is 0. The van der Waals surface area contributed by atoms with Gasteiger partial charge in [0.15, 0.2) is 0 Å². The van der Waals surface area contributed by atoms with Gasteiger partial charge < -0.3 is 55.1 Å². The molecule has 46 valence electrons. The van der Waals surface area contributed by atoms with Crippen molar-refractivity contribution in [1.82, 2.24) is 0 Å². The van der Waals surface area contributed by atoms with Crippen LogP contribution in [-0.2, 0) is 36.5 Å². The molecule has 7 heteroatoms. The molecule has 0 unspecified atom stereocenters. The first kappa shape index (κ1) is 124. The van der Waals surface area contributed by atoms with Gasteiger partial charge in [-0.25, -0.2) is 0 Å². The van der Waals surface area contributed by atoms with Crippen LogP contribution in [0.3, 0.4) is 0 Å². The van der Waals surface area contributed by atoms with Crippen molar-refractivity contribution in [3.8, 4) is 0 Å². The summed E-state index contributed by atoms with van der Waals surface area (Å²) in [5.74, 6) is 0. The van der Waals surface area contributed by atoms with Crippen LogP contribution >= 0.6 is 0 Å². The second kappa shape index (κ2) is 85.1. The summed E-state index contributed by atoms with van der Waals surface area (Å²) in [4.78, 5) is 0. The van der Waals surface area contributed by atoms with Crippen molar-refractivity contribution in [3.05, 3.63) is 0 Å². The second-order valence-electron chi connectivity index (χ2n) is 0. The molecular formula is H2Cl4FeOZn. The molecule has 0 atom stereocenters. The van der Waals surface area contributed by atoms with Crippen LogP contribution in [0.25, 0.3) is 0 Å². The molecule has 0 aromatic carbocycles. The second-order valence-corrected chi connectivity index (χ2v) is 0. The number of halogens is 4. The van der Waals surface area contributed by atoms with E-state index in [-0.39, 0.29) is 91.7 Å². The average molecular weight is 281 g/mol. The van der Waals surface area contributed by atoms with Gasteiger partial charge in [0.2, 0.25) is 0 Å². The minimum absolute atomic E-state index is 0. The Morgan fingerprint density at radius 3 is 0.571 bits per heavy atom. The quantitative estimate of drug-likeness (QED) is 0.395. The maximum absolute atomic E-state index is 0. The molecule has 0 aromatic rings. The van der Waals surface area contributed by atoms with Crippen LogP contribution in [0.2, 0.25) is 0 Å². The van der Waals surface area contributed by atoms with Crippen molar-refractivity contribution in [2.75, 3.05) is 0 Å². The van der Waals surface area contributed by atoms with Crippen molar-refractivity contribution in [3.63, 3.8) is 0 Å². The van der Waals surface area contributed by atoms with E-state index in [1.807, 2.05) is 0 Å². The van der Waals surface area contributed by atoms with Gasteiger partial charge in [0, 0.05) is 0 Å². The molecule has 0 rings (SSSR count). The standard InChI is InChI=1S/4ClH.Fe.H2O.Zn/h4*1H;;1H2;/q;;;;+2;;+2/p-4. The van der Waals surface area contributed by atoms with Crippen LogP contribution in [0.1, 0.15) is 0 Å². The summed E-state index contributed by atoms with van der Waals surface area (Å²) in [6.07, 6.45) is 0. The Morgan fingerprint density at radius 2 is 0.571 bits per heavy atom. The van der Waals surface area contributed by atoms with Crippen molar-refractivity contribution >= 4 is 0 Å².